The summed E-state index contributed by atoms with van der Waals surface area (Å²) in [5, 5.41) is 10.3. The van der Waals surface area contributed by atoms with Crippen LogP contribution in [0.1, 0.15) is 11.1 Å². The molecular formula is C10H10OS2. The standard InChI is InChI=1S/C10H10OS2/c1-6-2-7-4-10(12)13-9(7)3-8(6)5-11/h2-4,11-12H,5H2,1H3. The van der Waals surface area contributed by atoms with E-state index in [1.165, 1.54) is 10.1 Å². The predicted molar refractivity (Wildman–Crippen MR) is 59.7 cm³/mol. The molecule has 0 spiro atoms. The molecule has 1 aromatic heterocycles. The van der Waals surface area contributed by atoms with Crippen LogP contribution in [0.4, 0.5) is 0 Å². The maximum atomic E-state index is 9.07. The lowest BCUT2D eigenvalue weighted by molar-refractivity contribution is 0.281. The molecule has 0 aliphatic heterocycles. The normalized spacial score (nSPS) is 11.0. The Morgan fingerprint density at radius 1 is 1.38 bits per heavy atom. The predicted octanol–water partition coefficient (Wildman–Crippen LogP) is 2.99. The van der Waals surface area contributed by atoms with Crippen LogP contribution in [-0.2, 0) is 6.61 Å². The second kappa shape index (κ2) is 3.33. The largest absolute Gasteiger partial charge is 0.392 e. The topological polar surface area (TPSA) is 20.2 Å². The summed E-state index contributed by atoms with van der Waals surface area (Å²) in [5.41, 5.74) is 2.14. The fourth-order valence-corrected chi connectivity index (χ4v) is 2.68. The summed E-state index contributed by atoms with van der Waals surface area (Å²) in [4.78, 5) is 0. The van der Waals surface area contributed by atoms with E-state index >= 15 is 0 Å². The molecule has 0 aliphatic carbocycles. The van der Waals surface area contributed by atoms with Crippen LogP contribution in [0.15, 0.2) is 22.4 Å². The molecule has 0 amide bonds. The number of aryl methyl sites for hydroxylation is 1. The molecule has 0 atom stereocenters. The van der Waals surface area contributed by atoms with Crippen LogP contribution in [0.3, 0.4) is 0 Å². The lowest BCUT2D eigenvalue weighted by Gasteiger charge is -2.01. The van der Waals surface area contributed by atoms with Gasteiger partial charge < -0.3 is 5.11 Å². The number of thiol groups is 1. The van der Waals surface area contributed by atoms with E-state index in [-0.39, 0.29) is 6.61 Å². The average molecular weight is 210 g/mol. The van der Waals surface area contributed by atoms with Gasteiger partial charge in [-0.2, -0.15) is 0 Å². The first-order chi connectivity index (χ1) is 6.20. The van der Waals surface area contributed by atoms with E-state index in [1.807, 2.05) is 13.0 Å². The van der Waals surface area contributed by atoms with Crippen LogP contribution in [-0.4, -0.2) is 5.11 Å². The van der Waals surface area contributed by atoms with E-state index < -0.39 is 0 Å². The van der Waals surface area contributed by atoms with Crippen LogP contribution < -0.4 is 0 Å². The van der Waals surface area contributed by atoms with Crippen molar-refractivity contribution < 1.29 is 5.11 Å². The van der Waals surface area contributed by atoms with Crippen molar-refractivity contribution in [1.82, 2.24) is 0 Å². The number of aliphatic hydroxyl groups excluding tert-OH is 1. The molecular weight excluding hydrogens is 200 g/mol. The summed E-state index contributed by atoms with van der Waals surface area (Å²) >= 11 is 5.94. The van der Waals surface area contributed by atoms with Gasteiger partial charge in [0.1, 0.15) is 0 Å². The van der Waals surface area contributed by atoms with Gasteiger partial charge in [0.05, 0.1) is 10.8 Å². The minimum absolute atomic E-state index is 0.113. The minimum Gasteiger partial charge on any atom is -0.392 e. The van der Waals surface area contributed by atoms with E-state index in [2.05, 4.69) is 24.8 Å². The molecule has 0 unspecified atom stereocenters. The second-order valence-corrected chi connectivity index (χ2v) is 4.93. The molecule has 13 heavy (non-hydrogen) atoms. The summed E-state index contributed by atoms with van der Waals surface area (Å²) in [7, 11) is 0. The highest BCUT2D eigenvalue weighted by atomic mass is 32.2. The third-order valence-corrected chi connectivity index (χ3v) is 3.44. The number of hydrogen-bond donors (Lipinski definition) is 2. The molecule has 0 bridgehead atoms. The summed E-state index contributed by atoms with van der Waals surface area (Å²) in [6.45, 7) is 2.13. The van der Waals surface area contributed by atoms with Crippen molar-refractivity contribution in [2.75, 3.05) is 0 Å². The van der Waals surface area contributed by atoms with Gasteiger partial charge in [-0.15, -0.1) is 24.0 Å². The molecule has 3 heteroatoms. The van der Waals surface area contributed by atoms with Gasteiger partial charge in [-0.25, -0.2) is 0 Å². The van der Waals surface area contributed by atoms with Gasteiger partial charge in [0, 0.05) is 4.70 Å². The molecule has 2 aromatic rings. The van der Waals surface area contributed by atoms with Gasteiger partial charge in [-0.05, 0) is 35.6 Å². The minimum atomic E-state index is 0.113. The molecule has 68 valence electrons. The quantitative estimate of drug-likeness (QED) is 0.693. The van der Waals surface area contributed by atoms with Crippen molar-refractivity contribution >= 4 is 34.1 Å². The summed E-state index contributed by atoms with van der Waals surface area (Å²) in [5.74, 6) is 0. The maximum Gasteiger partial charge on any atom is 0.0684 e. The molecule has 0 saturated heterocycles. The van der Waals surface area contributed by atoms with Crippen molar-refractivity contribution in [2.45, 2.75) is 17.7 Å². The number of hydrogen-bond acceptors (Lipinski definition) is 3. The summed E-state index contributed by atoms with van der Waals surface area (Å²) in [6, 6.07) is 6.18. The van der Waals surface area contributed by atoms with Gasteiger partial charge in [-0.3, -0.25) is 0 Å². The van der Waals surface area contributed by atoms with E-state index in [4.69, 9.17) is 5.11 Å². The van der Waals surface area contributed by atoms with Crippen LogP contribution in [0, 0.1) is 6.92 Å². The highest BCUT2D eigenvalue weighted by Crippen LogP contribution is 2.30. The van der Waals surface area contributed by atoms with Gasteiger partial charge in [0.25, 0.3) is 0 Å². The SMILES string of the molecule is Cc1cc2cc(S)sc2cc1CO. The molecule has 1 heterocycles. The zero-order chi connectivity index (χ0) is 9.42. The fourth-order valence-electron chi connectivity index (χ4n) is 1.40. The van der Waals surface area contributed by atoms with Crippen molar-refractivity contribution in [3.63, 3.8) is 0 Å². The Kier molecular flexibility index (Phi) is 2.32. The Morgan fingerprint density at radius 3 is 2.85 bits per heavy atom. The van der Waals surface area contributed by atoms with Gasteiger partial charge in [0.2, 0.25) is 0 Å². The Balaban J connectivity index is 2.72. The van der Waals surface area contributed by atoms with Crippen LogP contribution in [0.25, 0.3) is 10.1 Å². The molecule has 0 saturated carbocycles. The molecule has 1 aromatic carbocycles. The third-order valence-electron chi connectivity index (χ3n) is 2.13. The van der Waals surface area contributed by atoms with Crippen molar-refractivity contribution in [3.8, 4) is 0 Å². The first-order valence-electron chi connectivity index (χ1n) is 4.03. The first kappa shape index (κ1) is 9.06. The Morgan fingerprint density at radius 2 is 2.15 bits per heavy atom. The molecule has 0 fully saturated rings. The third kappa shape index (κ3) is 1.59. The van der Waals surface area contributed by atoms with Crippen molar-refractivity contribution in [1.29, 1.82) is 0 Å². The lowest BCUT2D eigenvalue weighted by Crippen LogP contribution is -1.86. The lowest BCUT2D eigenvalue weighted by atomic mass is 10.1. The molecule has 1 nitrogen and oxygen atoms in total. The van der Waals surface area contributed by atoms with Gasteiger partial charge in [-0.1, -0.05) is 6.07 Å². The van der Waals surface area contributed by atoms with Crippen LogP contribution >= 0.6 is 24.0 Å². The molecule has 0 radical (unpaired) electrons. The van der Waals surface area contributed by atoms with Gasteiger partial charge in [0.15, 0.2) is 0 Å². The zero-order valence-electron chi connectivity index (χ0n) is 7.24. The van der Waals surface area contributed by atoms with E-state index in [0.717, 1.165) is 15.3 Å². The Bertz CT molecular complexity index is 445. The smallest absolute Gasteiger partial charge is 0.0684 e. The summed E-state index contributed by atoms with van der Waals surface area (Å²) < 4.78 is 2.21. The molecule has 0 aliphatic rings. The van der Waals surface area contributed by atoms with E-state index in [9.17, 15) is 0 Å². The Hall–Kier alpha value is -0.510. The second-order valence-electron chi connectivity index (χ2n) is 3.06. The fraction of sp³-hybridized carbons (Fsp3) is 0.200. The van der Waals surface area contributed by atoms with Crippen LogP contribution in [0.2, 0.25) is 0 Å². The average Bonchev–Trinajstić information content (AvgIpc) is 2.42. The number of fused-ring (bicyclic) bond motifs is 1. The van der Waals surface area contributed by atoms with Crippen LogP contribution in [0.5, 0.6) is 0 Å². The number of thiophene rings is 1. The van der Waals surface area contributed by atoms with Crippen molar-refractivity contribution in [3.05, 3.63) is 29.3 Å². The number of benzene rings is 1. The Labute approximate surface area is 86.4 Å². The summed E-state index contributed by atoms with van der Waals surface area (Å²) in [6.07, 6.45) is 0. The first-order valence-corrected chi connectivity index (χ1v) is 5.30. The molecule has 2 rings (SSSR count). The highest BCUT2D eigenvalue weighted by Gasteiger charge is 2.03. The van der Waals surface area contributed by atoms with E-state index in [0.29, 0.717) is 0 Å². The van der Waals surface area contributed by atoms with E-state index in [1.54, 1.807) is 11.3 Å². The maximum absolute atomic E-state index is 9.07. The highest BCUT2D eigenvalue weighted by molar-refractivity contribution is 7.83. The number of rotatable bonds is 1. The zero-order valence-corrected chi connectivity index (χ0v) is 8.95. The number of aliphatic hydroxyl groups is 1. The van der Waals surface area contributed by atoms with Gasteiger partial charge >= 0.3 is 0 Å². The van der Waals surface area contributed by atoms with Crippen molar-refractivity contribution in [2.24, 2.45) is 0 Å². The molecule has 1 N–H and O–H groups in total. The monoisotopic (exact) mass is 210 g/mol.